The smallest absolute Gasteiger partial charge is 0.122 e. The molecular formula is C15H21N3O2. The van der Waals surface area contributed by atoms with Crippen molar-refractivity contribution in [2.24, 2.45) is 0 Å². The lowest BCUT2D eigenvalue weighted by Crippen LogP contribution is -2.16. The molecule has 1 aromatic heterocycles. The van der Waals surface area contributed by atoms with Crippen molar-refractivity contribution in [3.63, 3.8) is 0 Å². The molecule has 5 heteroatoms. The highest BCUT2D eigenvalue weighted by atomic mass is 16.5. The van der Waals surface area contributed by atoms with Crippen LogP contribution in [0, 0.1) is 0 Å². The molecular weight excluding hydrogens is 254 g/mol. The van der Waals surface area contributed by atoms with Gasteiger partial charge in [-0.3, -0.25) is 4.68 Å². The second-order valence-corrected chi connectivity index (χ2v) is 4.46. The molecule has 0 saturated carbocycles. The van der Waals surface area contributed by atoms with Gasteiger partial charge in [0.25, 0.3) is 0 Å². The first kappa shape index (κ1) is 14.4. The number of ether oxygens (including phenoxy) is 2. The number of nitrogens with one attached hydrogen (secondary N) is 1. The van der Waals surface area contributed by atoms with E-state index in [0.717, 1.165) is 36.7 Å². The van der Waals surface area contributed by atoms with E-state index in [0.29, 0.717) is 0 Å². The zero-order valence-corrected chi connectivity index (χ0v) is 12.2. The molecule has 0 atom stereocenters. The number of hydrogen-bond acceptors (Lipinski definition) is 4. The SMILES string of the molecule is CCn1nccc1CNCc1cc(OC)cc(OC)c1. The highest BCUT2D eigenvalue weighted by Gasteiger charge is 2.03. The van der Waals surface area contributed by atoms with E-state index in [1.165, 1.54) is 5.69 Å². The van der Waals surface area contributed by atoms with Gasteiger partial charge in [-0.25, -0.2) is 0 Å². The van der Waals surface area contributed by atoms with E-state index in [2.05, 4.69) is 17.3 Å². The predicted octanol–water partition coefficient (Wildman–Crippen LogP) is 2.21. The summed E-state index contributed by atoms with van der Waals surface area (Å²) in [5.74, 6) is 1.61. The van der Waals surface area contributed by atoms with E-state index in [4.69, 9.17) is 9.47 Å². The van der Waals surface area contributed by atoms with E-state index < -0.39 is 0 Å². The molecule has 1 N–H and O–H groups in total. The van der Waals surface area contributed by atoms with Crippen molar-refractivity contribution in [2.75, 3.05) is 14.2 Å². The number of benzene rings is 1. The lowest BCUT2D eigenvalue weighted by atomic mass is 10.2. The molecule has 2 rings (SSSR count). The maximum absolute atomic E-state index is 5.26. The maximum atomic E-state index is 5.26. The molecule has 0 amide bonds. The number of aryl methyl sites for hydroxylation is 1. The molecule has 0 fully saturated rings. The van der Waals surface area contributed by atoms with Gasteiger partial charge in [-0.1, -0.05) is 0 Å². The molecule has 0 saturated heterocycles. The summed E-state index contributed by atoms with van der Waals surface area (Å²) < 4.78 is 12.5. The molecule has 2 aromatic rings. The third-order valence-electron chi connectivity index (χ3n) is 3.15. The van der Waals surface area contributed by atoms with Crippen LogP contribution in [-0.2, 0) is 19.6 Å². The van der Waals surface area contributed by atoms with Crippen molar-refractivity contribution in [2.45, 2.75) is 26.6 Å². The molecule has 0 spiro atoms. The predicted molar refractivity (Wildman–Crippen MR) is 78.0 cm³/mol. The molecule has 108 valence electrons. The van der Waals surface area contributed by atoms with Crippen molar-refractivity contribution < 1.29 is 9.47 Å². The Morgan fingerprint density at radius 2 is 1.80 bits per heavy atom. The Kier molecular flexibility index (Phi) is 5.01. The zero-order valence-electron chi connectivity index (χ0n) is 12.2. The minimum absolute atomic E-state index is 0.752. The highest BCUT2D eigenvalue weighted by Crippen LogP contribution is 2.22. The van der Waals surface area contributed by atoms with Gasteiger partial charge < -0.3 is 14.8 Å². The molecule has 0 unspecified atom stereocenters. The number of rotatable bonds is 7. The molecule has 1 aromatic carbocycles. The van der Waals surface area contributed by atoms with Crippen LogP contribution < -0.4 is 14.8 Å². The molecule has 0 aliphatic heterocycles. The molecule has 1 heterocycles. The summed E-state index contributed by atoms with van der Waals surface area (Å²) in [7, 11) is 3.32. The zero-order chi connectivity index (χ0) is 14.4. The summed E-state index contributed by atoms with van der Waals surface area (Å²) in [6, 6.07) is 7.91. The van der Waals surface area contributed by atoms with Crippen LogP contribution >= 0.6 is 0 Å². The van der Waals surface area contributed by atoms with Crippen LogP contribution in [0.2, 0.25) is 0 Å². The summed E-state index contributed by atoms with van der Waals surface area (Å²) in [4.78, 5) is 0. The van der Waals surface area contributed by atoms with Gasteiger partial charge in [0, 0.05) is 31.9 Å². The van der Waals surface area contributed by atoms with Crippen LogP contribution in [0.4, 0.5) is 0 Å². The Balaban J connectivity index is 1.97. The lowest BCUT2D eigenvalue weighted by molar-refractivity contribution is 0.393. The van der Waals surface area contributed by atoms with Gasteiger partial charge in [0.1, 0.15) is 11.5 Å². The average molecular weight is 275 g/mol. The van der Waals surface area contributed by atoms with Crippen LogP contribution in [0.15, 0.2) is 30.5 Å². The number of aromatic nitrogens is 2. The van der Waals surface area contributed by atoms with Gasteiger partial charge >= 0.3 is 0 Å². The fraction of sp³-hybridized carbons (Fsp3) is 0.400. The van der Waals surface area contributed by atoms with Crippen LogP contribution in [0.5, 0.6) is 11.5 Å². The first-order valence-electron chi connectivity index (χ1n) is 6.70. The monoisotopic (exact) mass is 275 g/mol. The topological polar surface area (TPSA) is 48.3 Å². The largest absolute Gasteiger partial charge is 0.497 e. The first-order chi connectivity index (χ1) is 9.76. The van der Waals surface area contributed by atoms with Gasteiger partial charge in [-0.05, 0) is 30.7 Å². The summed E-state index contributed by atoms with van der Waals surface area (Å²) in [5, 5.41) is 7.66. The second kappa shape index (κ2) is 6.96. The first-order valence-corrected chi connectivity index (χ1v) is 6.70. The third-order valence-corrected chi connectivity index (χ3v) is 3.15. The van der Waals surface area contributed by atoms with Gasteiger partial charge in [0.05, 0.1) is 19.9 Å². The van der Waals surface area contributed by atoms with E-state index in [9.17, 15) is 0 Å². The minimum Gasteiger partial charge on any atom is -0.497 e. The van der Waals surface area contributed by atoms with E-state index in [-0.39, 0.29) is 0 Å². The summed E-state index contributed by atoms with van der Waals surface area (Å²) in [6.07, 6.45) is 1.83. The van der Waals surface area contributed by atoms with Crippen molar-refractivity contribution in [3.8, 4) is 11.5 Å². The number of methoxy groups -OCH3 is 2. The molecule has 0 radical (unpaired) electrons. The fourth-order valence-corrected chi connectivity index (χ4v) is 2.10. The lowest BCUT2D eigenvalue weighted by Gasteiger charge is -2.10. The van der Waals surface area contributed by atoms with E-state index in [1.54, 1.807) is 14.2 Å². The maximum Gasteiger partial charge on any atom is 0.122 e. The standard InChI is InChI=1S/C15H21N3O2/c1-4-18-13(5-6-17-18)11-16-10-12-7-14(19-2)9-15(8-12)20-3/h5-9,16H,4,10-11H2,1-3H3. The van der Waals surface area contributed by atoms with Gasteiger partial charge in [-0.2, -0.15) is 5.10 Å². The quantitative estimate of drug-likeness (QED) is 0.841. The Hall–Kier alpha value is -2.01. The Labute approximate surface area is 119 Å². The normalized spacial score (nSPS) is 10.6. The molecule has 5 nitrogen and oxygen atoms in total. The van der Waals surface area contributed by atoms with Crippen molar-refractivity contribution in [1.82, 2.24) is 15.1 Å². The number of hydrogen-bond donors (Lipinski definition) is 1. The number of nitrogens with zero attached hydrogens (tertiary/aromatic N) is 2. The van der Waals surface area contributed by atoms with Gasteiger partial charge in [-0.15, -0.1) is 0 Å². The summed E-state index contributed by atoms with van der Waals surface area (Å²) in [6.45, 7) is 4.51. The summed E-state index contributed by atoms with van der Waals surface area (Å²) >= 11 is 0. The molecule has 0 bridgehead atoms. The van der Waals surface area contributed by atoms with Gasteiger partial charge in [0.15, 0.2) is 0 Å². The highest BCUT2D eigenvalue weighted by molar-refractivity contribution is 5.38. The van der Waals surface area contributed by atoms with Crippen molar-refractivity contribution >= 4 is 0 Å². The van der Waals surface area contributed by atoms with Crippen LogP contribution in [0.1, 0.15) is 18.2 Å². The van der Waals surface area contributed by atoms with Gasteiger partial charge in [0.2, 0.25) is 0 Å². The Bertz CT molecular complexity index is 530. The van der Waals surface area contributed by atoms with Crippen LogP contribution in [0.25, 0.3) is 0 Å². The third kappa shape index (κ3) is 3.51. The Morgan fingerprint density at radius 3 is 2.40 bits per heavy atom. The molecule has 0 aliphatic rings. The fourth-order valence-electron chi connectivity index (χ4n) is 2.10. The average Bonchev–Trinajstić information content (AvgIpc) is 2.94. The van der Waals surface area contributed by atoms with E-state index >= 15 is 0 Å². The van der Waals surface area contributed by atoms with E-state index in [1.807, 2.05) is 35.1 Å². The van der Waals surface area contributed by atoms with Crippen molar-refractivity contribution in [1.29, 1.82) is 0 Å². The van der Waals surface area contributed by atoms with Crippen LogP contribution in [-0.4, -0.2) is 24.0 Å². The molecule has 0 aliphatic carbocycles. The second-order valence-electron chi connectivity index (χ2n) is 4.46. The summed E-state index contributed by atoms with van der Waals surface area (Å²) in [5.41, 5.74) is 2.31. The van der Waals surface area contributed by atoms with Crippen LogP contribution in [0.3, 0.4) is 0 Å². The van der Waals surface area contributed by atoms with Crippen molar-refractivity contribution in [3.05, 3.63) is 41.7 Å². The Morgan fingerprint density at radius 1 is 1.10 bits per heavy atom. The molecule has 20 heavy (non-hydrogen) atoms. The minimum atomic E-state index is 0.752.